The molecule has 3 nitrogen and oxygen atoms in total. The normalized spacial score (nSPS) is 12.4. The molecule has 0 aromatic heterocycles. The van der Waals surface area contributed by atoms with Gasteiger partial charge < -0.3 is 10.6 Å². The van der Waals surface area contributed by atoms with Crippen molar-refractivity contribution in [3.8, 4) is 0 Å². The molecule has 1 atom stereocenters. The van der Waals surface area contributed by atoms with Crippen molar-refractivity contribution in [2.75, 3.05) is 20.1 Å². The van der Waals surface area contributed by atoms with Crippen LogP contribution in [0.2, 0.25) is 0 Å². The maximum atomic E-state index is 12.0. The molecule has 19 heavy (non-hydrogen) atoms. The minimum atomic E-state index is 0.152. The van der Waals surface area contributed by atoms with Crippen LogP contribution in [0.15, 0.2) is 30.3 Å². The number of hydrogen-bond acceptors (Lipinski definition) is 2. The molecule has 1 aromatic carbocycles. The van der Waals surface area contributed by atoms with E-state index in [9.17, 15) is 4.79 Å². The lowest BCUT2D eigenvalue weighted by atomic mass is 9.85. The van der Waals surface area contributed by atoms with Gasteiger partial charge in [-0.25, -0.2) is 0 Å². The SMILES string of the molecule is CNCCCNC(=O)CC(c1ccccc1)C(C)C. The summed E-state index contributed by atoms with van der Waals surface area (Å²) in [6.07, 6.45) is 1.54. The van der Waals surface area contributed by atoms with Crippen molar-refractivity contribution < 1.29 is 4.79 Å². The van der Waals surface area contributed by atoms with E-state index in [-0.39, 0.29) is 5.91 Å². The number of carbonyl (C=O) groups excluding carboxylic acids is 1. The van der Waals surface area contributed by atoms with E-state index in [2.05, 4.69) is 36.6 Å². The molecular formula is C16H26N2O. The summed E-state index contributed by atoms with van der Waals surface area (Å²) < 4.78 is 0. The first kappa shape index (κ1) is 15.7. The summed E-state index contributed by atoms with van der Waals surface area (Å²) in [7, 11) is 1.92. The highest BCUT2D eigenvalue weighted by Gasteiger charge is 2.18. The van der Waals surface area contributed by atoms with E-state index < -0.39 is 0 Å². The number of nitrogens with one attached hydrogen (secondary N) is 2. The zero-order valence-corrected chi connectivity index (χ0v) is 12.3. The summed E-state index contributed by atoms with van der Waals surface area (Å²) in [6, 6.07) is 10.3. The Hall–Kier alpha value is -1.35. The molecule has 1 rings (SSSR count). The predicted octanol–water partition coefficient (Wildman–Crippen LogP) is 2.54. The second-order valence-corrected chi connectivity index (χ2v) is 5.27. The lowest BCUT2D eigenvalue weighted by molar-refractivity contribution is -0.121. The van der Waals surface area contributed by atoms with Gasteiger partial charge in [0, 0.05) is 13.0 Å². The Morgan fingerprint density at radius 1 is 1.16 bits per heavy atom. The number of rotatable bonds is 8. The van der Waals surface area contributed by atoms with Crippen molar-refractivity contribution in [2.45, 2.75) is 32.6 Å². The van der Waals surface area contributed by atoms with Gasteiger partial charge in [-0.15, -0.1) is 0 Å². The Labute approximate surface area is 116 Å². The molecular weight excluding hydrogens is 236 g/mol. The maximum Gasteiger partial charge on any atom is 0.220 e. The molecule has 0 aliphatic heterocycles. The molecule has 1 unspecified atom stereocenters. The fourth-order valence-electron chi connectivity index (χ4n) is 2.20. The summed E-state index contributed by atoms with van der Waals surface area (Å²) in [5, 5.41) is 6.07. The Morgan fingerprint density at radius 3 is 2.42 bits per heavy atom. The van der Waals surface area contributed by atoms with Gasteiger partial charge in [-0.3, -0.25) is 4.79 Å². The average molecular weight is 262 g/mol. The van der Waals surface area contributed by atoms with E-state index in [0.29, 0.717) is 18.3 Å². The van der Waals surface area contributed by atoms with Gasteiger partial charge in [0.05, 0.1) is 0 Å². The second-order valence-electron chi connectivity index (χ2n) is 5.27. The van der Waals surface area contributed by atoms with Crippen LogP contribution < -0.4 is 10.6 Å². The van der Waals surface area contributed by atoms with Crippen molar-refractivity contribution in [3.63, 3.8) is 0 Å². The van der Waals surface area contributed by atoms with E-state index in [4.69, 9.17) is 0 Å². The largest absolute Gasteiger partial charge is 0.356 e. The first-order valence-corrected chi connectivity index (χ1v) is 7.11. The Bertz CT molecular complexity index is 362. The van der Waals surface area contributed by atoms with Gasteiger partial charge in [0.25, 0.3) is 0 Å². The standard InChI is InChI=1S/C16H26N2O/c1-13(2)15(14-8-5-4-6-9-14)12-16(19)18-11-7-10-17-3/h4-6,8-9,13,15,17H,7,10-12H2,1-3H3,(H,18,19). The zero-order chi connectivity index (χ0) is 14.1. The Morgan fingerprint density at radius 2 is 1.84 bits per heavy atom. The Kier molecular flexibility index (Phi) is 7.19. The molecule has 0 heterocycles. The van der Waals surface area contributed by atoms with E-state index in [1.807, 2.05) is 25.2 Å². The number of carbonyl (C=O) groups is 1. The third-order valence-corrected chi connectivity index (χ3v) is 3.36. The van der Waals surface area contributed by atoms with Crippen LogP contribution in [0.4, 0.5) is 0 Å². The molecule has 0 saturated carbocycles. The summed E-state index contributed by atoms with van der Waals surface area (Å²) in [5.74, 6) is 0.912. The van der Waals surface area contributed by atoms with Crippen molar-refractivity contribution in [3.05, 3.63) is 35.9 Å². The predicted molar refractivity (Wildman–Crippen MR) is 80.2 cm³/mol. The van der Waals surface area contributed by atoms with Gasteiger partial charge in [-0.2, -0.15) is 0 Å². The third-order valence-electron chi connectivity index (χ3n) is 3.36. The summed E-state index contributed by atoms with van der Waals surface area (Å²) in [6.45, 7) is 6.03. The van der Waals surface area contributed by atoms with Gasteiger partial charge in [-0.1, -0.05) is 44.2 Å². The minimum absolute atomic E-state index is 0.152. The lowest BCUT2D eigenvalue weighted by Crippen LogP contribution is -2.28. The van der Waals surface area contributed by atoms with E-state index in [1.165, 1.54) is 5.56 Å². The molecule has 0 spiro atoms. The number of amides is 1. The number of hydrogen-bond donors (Lipinski definition) is 2. The topological polar surface area (TPSA) is 41.1 Å². The van der Waals surface area contributed by atoms with Gasteiger partial charge in [0.2, 0.25) is 5.91 Å². The Balaban J connectivity index is 2.48. The van der Waals surface area contributed by atoms with Crippen LogP contribution >= 0.6 is 0 Å². The van der Waals surface area contributed by atoms with Gasteiger partial charge in [0.1, 0.15) is 0 Å². The van der Waals surface area contributed by atoms with Gasteiger partial charge >= 0.3 is 0 Å². The second kappa shape index (κ2) is 8.70. The van der Waals surface area contributed by atoms with E-state index >= 15 is 0 Å². The summed E-state index contributed by atoms with van der Waals surface area (Å²) >= 11 is 0. The quantitative estimate of drug-likeness (QED) is 0.707. The smallest absolute Gasteiger partial charge is 0.220 e. The molecule has 0 bridgehead atoms. The van der Waals surface area contributed by atoms with Crippen molar-refractivity contribution in [2.24, 2.45) is 5.92 Å². The molecule has 0 aliphatic rings. The van der Waals surface area contributed by atoms with Crippen LogP contribution in [-0.2, 0) is 4.79 Å². The summed E-state index contributed by atoms with van der Waals surface area (Å²) in [5.41, 5.74) is 1.25. The molecule has 3 heteroatoms. The molecule has 0 radical (unpaired) electrons. The molecule has 1 amide bonds. The molecule has 2 N–H and O–H groups in total. The van der Waals surface area contributed by atoms with Crippen LogP contribution in [0.1, 0.15) is 38.2 Å². The van der Waals surface area contributed by atoms with Crippen LogP contribution in [-0.4, -0.2) is 26.0 Å². The van der Waals surface area contributed by atoms with Crippen molar-refractivity contribution in [1.82, 2.24) is 10.6 Å². The van der Waals surface area contributed by atoms with E-state index in [0.717, 1.165) is 19.5 Å². The zero-order valence-electron chi connectivity index (χ0n) is 12.3. The lowest BCUT2D eigenvalue weighted by Gasteiger charge is -2.21. The molecule has 0 fully saturated rings. The molecule has 0 saturated heterocycles. The maximum absolute atomic E-state index is 12.0. The van der Waals surface area contributed by atoms with Crippen molar-refractivity contribution >= 4 is 5.91 Å². The van der Waals surface area contributed by atoms with Gasteiger partial charge in [0.15, 0.2) is 0 Å². The minimum Gasteiger partial charge on any atom is -0.356 e. The first-order chi connectivity index (χ1) is 9.15. The highest BCUT2D eigenvalue weighted by atomic mass is 16.1. The molecule has 106 valence electrons. The fraction of sp³-hybridized carbons (Fsp3) is 0.562. The highest BCUT2D eigenvalue weighted by Crippen LogP contribution is 2.27. The first-order valence-electron chi connectivity index (χ1n) is 7.11. The van der Waals surface area contributed by atoms with Gasteiger partial charge in [-0.05, 0) is 37.4 Å². The van der Waals surface area contributed by atoms with Crippen LogP contribution in [0.25, 0.3) is 0 Å². The monoisotopic (exact) mass is 262 g/mol. The molecule has 0 aliphatic carbocycles. The van der Waals surface area contributed by atoms with Crippen LogP contribution in [0.3, 0.4) is 0 Å². The highest BCUT2D eigenvalue weighted by molar-refractivity contribution is 5.76. The van der Waals surface area contributed by atoms with Crippen molar-refractivity contribution in [1.29, 1.82) is 0 Å². The van der Waals surface area contributed by atoms with E-state index in [1.54, 1.807) is 0 Å². The fourth-order valence-corrected chi connectivity index (χ4v) is 2.20. The number of benzene rings is 1. The summed E-state index contributed by atoms with van der Waals surface area (Å²) in [4.78, 5) is 12.0. The van der Waals surface area contributed by atoms with Crippen LogP contribution in [0.5, 0.6) is 0 Å². The third kappa shape index (κ3) is 5.88. The average Bonchev–Trinajstić information content (AvgIpc) is 2.41. The van der Waals surface area contributed by atoms with Crippen LogP contribution in [0, 0.1) is 5.92 Å². The molecule has 1 aromatic rings.